The Morgan fingerprint density at radius 2 is 2.13 bits per heavy atom. The Balaban J connectivity index is 1.36. The number of thioether (sulfide) groups is 1. The molecule has 0 bridgehead atoms. The van der Waals surface area contributed by atoms with Crippen molar-refractivity contribution in [2.45, 2.75) is 55.9 Å². The van der Waals surface area contributed by atoms with Gasteiger partial charge in [-0.05, 0) is 37.8 Å². The van der Waals surface area contributed by atoms with Gasteiger partial charge in [0.25, 0.3) is 5.91 Å². The van der Waals surface area contributed by atoms with Gasteiger partial charge in [0.05, 0.1) is 11.0 Å². The minimum atomic E-state index is -0.275. The van der Waals surface area contributed by atoms with E-state index >= 15 is 0 Å². The van der Waals surface area contributed by atoms with Gasteiger partial charge in [-0.1, -0.05) is 36.8 Å². The van der Waals surface area contributed by atoms with Crippen molar-refractivity contribution in [1.29, 1.82) is 0 Å². The lowest BCUT2D eigenvalue weighted by atomic mass is 9.87. The van der Waals surface area contributed by atoms with E-state index in [4.69, 9.17) is 33.0 Å². The summed E-state index contributed by atoms with van der Waals surface area (Å²) in [5.41, 5.74) is 0. The topological polar surface area (TPSA) is 71.8 Å². The Bertz CT molecular complexity index is 850. The van der Waals surface area contributed by atoms with E-state index in [-0.39, 0.29) is 35.8 Å². The molecule has 2 aliphatic heterocycles. The monoisotopic (exact) mass is 468 g/mol. The standard InChI is InChI=1S/C21H25ClN2O4S2/c22-16-6-2-1-5-15(16)17-8-7-13(28-17)10-18-20(26)24(21(29)30-18)12-19(25)23-11-14-4-3-9-27-14/h7-8,10,14-16H,1-6,9,11-12H2,(H,23,25)/b18-10-/t14?,15-,16+/m0/s1. The van der Waals surface area contributed by atoms with Gasteiger partial charge in [0.2, 0.25) is 5.91 Å². The lowest BCUT2D eigenvalue weighted by Crippen LogP contribution is -2.41. The van der Waals surface area contributed by atoms with E-state index in [0.717, 1.165) is 50.9 Å². The fraction of sp³-hybridized carbons (Fsp3) is 0.571. The molecule has 3 aliphatic rings. The number of nitrogens with one attached hydrogen (secondary N) is 1. The lowest BCUT2D eigenvalue weighted by Gasteiger charge is -2.25. The maximum atomic E-state index is 12.8. The number of hydrogen-bond acceptors (Lipinski definition) is 6. The molecule has 4 rings (SSSR count). The maximum absolute atomic E-state index is 12.8. The van der Waals surface area contributed by atoms with E-state index in [1.165, 1.54) is 16.7 Å². The molecule has 1 N–H and O–H groups in total. The molecule has 9 heteroatoms. The third-order valence-corrected chi connectivity index (χ3v) is 7.59. The van der Waals surface area contributed by atoms with Crippen LogP contribution in [0.3, 0.4) is 0 Å². The second-order valence-corrected chi connectivity index (χ2v) is 10.1. The summed E-state index contributed by atoms with van der Waals surface area (Å²) in [5, 5.41) is 2.91. The summed E-state index contributed by atoms with van der Waals surface area (Å²) < 4.78 is 11.8. The van der Waals surface area contributed by atoms with Crippen LogP contribution in [0, 0.1) is 0 Å². The highest BCUT2D eigenvalue weighted by atomic mass is 35.5. The van der Waals surface area contributed by atoms with Crippen LogP contribution in [-0.4, -0.2) is 52.2 Å². The van der Waals surface area contributed by atoms with Crippen LogP contribution in [0.4, 0.5) is 0 Å². The first-order valence-electron chi connectivity index (χ1n) is 10.4. The van der Waals surface area contributed by atoms with Gasteiger partial charge in [0.1, 0.15) is 22.4 Å². The summed E-state index contributed by atoms with van der Waals surface area (Å²) in [6.07, 6.45) is 8.03. The van der Waals surface area contributed by atoms with Crippen molar-refractivity contribution in [2.75, 3.05) is 19.7 Å². The summed E-state index contributed by atoms with van der Waals surface area (Å²) >= 11 is 13.0. The van der Waals surface area contributed by atoms with Gasteiger partial charge < -0.3 is 14.5 Å². The normalized spacial score (nSPS) is 28.5. The molecule has 2 saturated heterocycles. The summed E-state index contributed by atoms with van der Waals surface area (Å²) in [6.45, 7) is 1.11. The average Bonchev–Trinajstić information content (AvgIpc) is 3.46. The smallest absolute Gasteiger partial charge is 0.266 e. The third-order valence-electron chi connectivity index (χ3n) is 5.69. The molecule has 1 saturated carbocycles. The number of thiocarbonyl (C=S) groups is 1. The number of ether oxygens (including phenoxy) is 1. The summed E-state index contributed by atoms with van der Waals surface area (Å²) in [5.74, 6) is 1.16. The molecule has 162 valence electrons. The van der Waals surface area contributed by atoms with Gasteiger partial charge in [-0.2, -0.15) is 0 Å². The van der Waals surface area contributed by atoms with Crippen molar-refractivity contribution >= 4 is 57.8 Å². The molecule has 0 radical (unpaired) electrons. The minimum absolute atomic E-state index is 0.0601. The molecule has 3 heterocycles. The zero-order valence-corrected chi connectivity index (χ0v) is 19.0. The third kappa shape index (κ3) is 5.10. The quantitative estimate of drug-likeness (QED) is 0.386. The van der Waals surface area contributed by atoms with Crippen LogP contribution < -0.4 is 5.32 Å². The average molecular weight is 469 g/mol. The molecule has 2 amide bonds. The van der Waals surface area contributed by atoms with Gasteiger partial charge in [-0.15, -0.1) is 11.6 Å². The molecule has 0 aromatic carbocycles. The summed E-state index contributed by atoms with van der Waals surface area (Å²) in [6, 6.07) is 3.80. The SMILES string of the molecule is O=C(CN1C(=O)/C(=C/c2ccc([C@H]3CCCC[C@H]3Cl)o2)SC1=S)NCC1CCCO1. The zero-order valence-electron chi connectivity index (χ0n) is 16.6. The number of hydrogen-bond donors (Lipinski definition) is 1. The highest BCUT2D eigenvalue weighted by molar-refractivity contribution is 8.26. The number of rotatable bonds is 6. The van der Waals surface area contributed by atoms with Gasteiger partial charge >= 0.3 is 0 Å². The van der Waals surface area contributed by atoms with Crippen molar-refractivity contribution in [3.63, 3.8) is 0 Å². The van der Waals surface area contributed by atoms with Crippen molar-refractivity contribution in [3.8, 4) is 0 Å². The molecular formula is C21H25ClN2O4S2. The van der Waals surface area contributed by atoms with E-state index in [1.807, 2.05) is 12.1 Å². The lowest BCUT2D eigenvalue weighted by molar-refractivity contribution is -0.129. The Kier molecular flexibility index (Phi) is 7.18. The van der Waals surface area contributed by atoms with Crippen LogP contribution in [0.2, 0.25) is 0 Å². The largest absolute Gasteiger partial charge is 0.461 e. The number of alkyl halides is 1. The van der Waals surface area contributed by atoms with Gasteiger partial charge in [-0.3, -0.25) is 14.5 Å². The molecule has 1 aromatic rings. The van der Waals surface area contributed by atoms with Crippen LogP contribution >= 0.6 is 35.6 Å². The molecule has 3 fully saturated rings. The number of halogens is 1. The number of carbonyl (C=O) groups excluding carboxylic acids is 2. The van der Waals surface area contributed by atoms with Crippen molar-refractivity contribution in [3.05, 3.63) is 28.6 Å². The first-order chi connectivity index (χ1) is 14.5. The molecule has 1 unspecified atom stereocenters. The molecule has 1 aliphatic carbocycles. The maximum Gasteiger partial charge on any atom is 0.266 e. The Morgan fingerprint density at radius 1 is 1.30 bits per heavy atom. The number of nitrogens with zero attached hydrogens (tertiary/aromatic N) is 1. The highest BCUT2D eigenvalue weighted by Crippen LogP contribution is 2.38. The van der Waals surface area contributed by atoms with Crippen LogP contribution in [0.1, 0.15) is 56.0 Å². The van der Waals surface area contributed by atoms with Crippen molar-refractivity contribution < 1.29 is 18.7 Å². The van der Waals surface area contributed by atoms with Crippen molar-refractivity contribution in [1.82, 2.24) is 10.2 Å². The van der Waals surface area contributed by atoms with E-state index in [1.54, 1.807) is 6.08 Å². The predicted molar refractivity (Wildman–Crippen MR) is 121 cm³/mol. The second kappa shape index (κ2) is 9.85. The van der Waals surface area contributed by atoms with Crippen LogP contribution in [0.5, 0.6) is 0 Å². The van der Waals surface area contributed by atoms with E-state index in [2.05, 4.69) is 5.32 Å². The molecular weight excluding hydrogens is 444 g/mol. The zero-order chi connectivity index (χ0) is 21.1. The van der Waals surface area contributed by atoms with Crippen LogP contribution in [0.15, 0.2) is 21.5 Å². The molecule has 6 nitrogen and oxygen atoms in total. The number of amides is 2. The molecule has 3 atom stereocenters. The Labute approximate surface area is 190 Å². The first kappa shape index (κ1) is 21.9. The first-order valence-corrected chi connectivity index (χ1v) is 12.0. The van der Waals surface area contributed by atoms with Gasteiger partial charge in [0, 0.05) is 30.5 Å². The van der Waals surface area contributed by atoms with E-state index in [0.29, 0.717) is 21.5 Å². The van der Waals surface area contributed by atoms with E-state index < -0.39 is 0 Å². The van der Waals surface area contributed by atoms with Crippen LogP contribution in [-0.2, 0) is 14.3 Å². The molecule has 1 aromatic heterocycles. The molecule has 0 spiro atoms. The Hall–Kier alpha value is -1.35. The fourth-order valence-corrected chi connectivity index (χ4v) is 5.69. The van der Waals surface area contributed by atoms with Crippen molar-refractivity contribution in [2.24, 2.45) is 0 Å². The minimum Gasteiger partial charge on any atom is -0.461 e. The van der Waals surface area contributed by atoms with Crippen LogP contribution in [0.25, 0.3) is 6.08 Å². The number of carbonyl (C=O) groups is 2. The fourth-order valence-electron chi connectivity index (χ4n) is 4.05. The van der Waals surface area contributed by atoms with Gasteiger partial charge in [-0.25, -0.2) is 0 Å². The van der Waals surface area contributed by atoms with Gasteiger partial charge in [0.15, 0.2) is 0 Å². The predicted octanol–water partition coefficient (Wildman–Crippen LogP) is 4.04. The number of furan rings is 1. The summed E-state index contributed by atoms with van der Waals surface area (Å²) in [7, 11) is 0. The molecule has 30 heavy (non-hydrogen) atoms. The van der Waals surface area contributed by atoms with E-state index in [9.17, 15) is 9.59 Å². The second-order valence-electron chi connectivity index (χ2n) is 7.85. The summed E-state index contributed by atoms with van der Waals surface area (Å²) in [4.78, 5) is 26.8. The highest BCUT2D eigenvalue weighted by Gasteiger charge is 2.34. The Morgan fingerprint density at radius 3 is 2.90 bits per heavy atom.